The van der Waals surface area contributed by atoms with Gasteiger partial charge in [0.1, 0.15) is 5.69 Å². The number of rotatable bonds is 6. The van der Waals surface area contributed by atoms with Crippen molar-refractivity contribution in [2.24, 2.45) is 0 Å². The molecular formula is C26H24N4O2S2. The number of thioether (sulfide) groups is 1. The van der Waals surface area contributed by atoms with Crippen LogP contribution >= 0.6 is 23.1 Å². The van der Waals surface area contributed by atoms with Crippen molar-refractivity contribution in [3.63, 3.8) is 0 Å². The number of anilines is 1. The van der Waals surface area contributed by atoms with Gasteiger partial charge in [-0.3, -0.25) is 9.59 Å². The summed E-state index contributed by atoms with van der Waals surface area (Å²) in [5.41, 5.74) is 3.67. The van der Waals surface area contributed by atoms with Gasteiger partial charge >= 0.3 is 0 Å². The molecule has 8 heteroatoms. The maximum absolute atomic E-state index is 13.2. The monoisotopic (exact) mass is 488 g/mol. The molecule has 4 aromatic rings. The smallest absolute Gasteiger partial charge is 0.259 e. The quantitative estimate of drug-likeness (QED) is 0.416. The number of carbonyl (C=O) groups is 2. The summed E-state index contributed by atoms with van der Waals surface area (Å²) in [7, 11) is 0. The Morgan fingerprint density at radius 2 is 1.71 bits per heavy atom. The molecule has 6 nitrogen and oxygen atoms in total. The molecule has 5 rings (SSSR count). The van der Waals surface area contributed by atoms with Crippen LogP contribution in [0.25, 0.3) is 16.3 Å². The van der Waals surface area contributed by atoms with Crippen LogP contribution in [-0.4, -0.2) is 51.1 Å². The van der Waals surface area contributed by atoms with Gasteiger partial charge < -0.3 is 10.2 Å². The molecule has 1 fully saturated rings. The zero-order chi connectivity index (χ0) is 23.3. The predicted octanol–water partition coefficient (Wildman–Crippen LogP) is 4.97. The number of nitrogens with zero attached hydrogens (tertiary/aromatic N) is 3. The highest BCUT2D eigenvalue weighted by molar-refractivity contribution is 7.99. The van der Waals surface area contributed by atoms with E-state index in [-0.39, 0.29) is 11.8 Å². The summed E-state index contributed by atoms with van der Waals surface area (Å²) in [5.74, 6) is 1.95. The van der Waals surface area contributed by atoms with Crippen LogP contribution in [0.3, 0.4) is 0 Å². The van der Waals surface area contributed by atoms with Crippen molar-refractivity contribution in [3.05, 3.63) is 89.4 Å². The molecule has 0 atom stereocenters. The van der Waals surface area contributed by atoms with Crippen molar-refractivity contribution in [2.45, 2.75) is 6.42 Å². The summed E-state index contributed by atoms with van der Waals surface area (Å²) < 4.78 is 1.73. The Morgan fingerprint density at radius 1 is 0.941 bits per heavy atom. The molecule has 0 unspecified atom stereocenters. The van der Waals surface area contributed by atoms with Crippen molar-refractivity contribution >= 4 is 40.6 Å². The van der Waals surface area contributed by atoms with Crippen LogP contribution in [0.2, 0.25) is 0 Å². The number of aromatic nitrogens is 2. The van der Waals surface area contributed by atoms with E-state index in [1.807, 2.05) is 88.8 Å². The molecule has 2 aromatic heterocycles. The first-order valence-electron chi connectivity index (χ1n) is 11.1. The largest absolute Gasteiger partial charge is 0.341 e. The third-order valence-electron chi connectivity index (χ3n) is 5.67. The molecule has 0 radical (unpaired) electrons. The first-order chi connectivity index (χ1) is 16.7. The first-order valence-corrected chi connectivity index (χ1v) is 13.2. The molecule has 0 spiro atoms. The molecule has 0 bridgehead atoms. The summed E-state index contributed by atoms with van der Waals surface area (Å²) in [6.45, 7) is 1.64. The molecule has 1 aliphatic rings. The topological polar surface area (TPSA) is 67.2 Å². The zero-order valence-corrected chi connectivity index (χ0v) is 20.1. The predicted molar refractivity (Wildman–Crippen MR) is 139 cm³/mol. The normalized spacial score (nSPS) is 13.6. The van der Waals surface area contributed by atoms with Gasteiger partial charge in [-0.05, 0) is 41.3 Å². The lowest BCUT2D eigenvalue weighted by Gasteiger charge is -2.26. The number of carbonyl (C=O) groups excluding carboxylic acids is 2. The van der Waals surface area contributed by atoms with Gasteiger partial charge in [-0.2, -0.15) is 16.9 Å². The fourth-order valence-corrected chi connectivity index (χ4v) is 5.48. The summed E-state index contributed by atoms with van der Waals surface area (Å²) in [4.78, 5) is 28.6. The van der Waals surface area contributed by atoms with Crippen LogP contribution < -0.4 is 5.32 Å². The molecule has 0 aliphatic carbocycles. The van der Waals surface area contributed by atoms with E-state index in [0.717, 1.165) is 40.7 Å². The Labute approximate surface area is 206 Å². The van der Waals surface area contributed by atoms with Gasteiger partial charge in [-0.1, -0.05) is 36.4 Å². The lowest BCUT2D eigenvalue weighted by atomic mass is 10.1. The Hall–Kier alpha value is -3.36. The second-order valence-electron chi connectivity index (χ2n) is 7.97. The average molecular weight is 489 g/mol. The highest BCUT2D eigenvalue weighted by atomic mass is 32.2. The van der Waals surface area contributed by atoms with E-state index < -0.39 is 0 Å². The summed E-state index contributed by atoms with van der Waals surface area (Å²) in [6.07, 6.45) is 2.15. The van der Waals surface area contributed by atoms with Crippen molar-refractivity contribution < 1.29 is 9.59 Å². The second-order valence-corrected chi connectivity index (χ2v) is 10.1. The Bertz CT molecular complexity index is 1260. The number of hydrogen-bond donors (Lipinski definition) is 1. The molecular weight excluding hydrogens is 464 g/mol. The van der Waals surface area contributed by atoms with E-state index in [1.165, 1.54) is 0 Å². The minimum Gasteiger partial charge on any atom is -0.341 e. The van der Waals surface area contributed by atoms with Gasteiger partial charge in [0.15, 0.2) is 0 Å². The second kappa shape index (κ2) is 10.3. The summed E-state index contributed by atoms with van der Waals surface area (Å²) in [5, 5.41) is 9.66. The van der Waals surface area contributed by atoms with Gasteiger partial charge in [0.05, 0.1) is 22.5 Å². The fraction of sp³-hybridized carbons (Fsp3) is 0.192. The molecule has 3 heterocycles. The number of thiophene rings is 1. The molecule has 2 amide bonds. The van der Waals surface area contributed by atoms with Gasteiger partial charge in [-0.25, -0.2) is 4.68 Å². The van der Waals surface area contributed by atoms with Gasteiger partial charge in [0, 0.05) is 36.5 Å². The number of hydrogen-bond acceptors (Lipinski definition) is 5. The lowest BCUT2D eigenvalue weighted by Crippen LogP contribution is -2.38. The Morgan fingerprint density at radius 3 is 2.41 bits per heavy atom. The van der Waals surface area contributed by atoms with Crippen LogP contribution in [0, 0.1) is 0 Å². The van der Waals surface area contributed by atoms with Gasteiger partial charge in [-0.15, -0.1) is 11.3 Å². The SMILES string of the molecule is O=C(Nc1ccc(CC(=O)N2CCSCC2)cc1)c1cn(-c2ccccc2)nc1-c1cccs1. The van der Waals surface area contributed by atoms with E-state index in [9.17, 15) is 9.59 Å². The lowest BCUT2D eigenvalue weighted by molar-refractivity contribution is -0.130. The van der Waals surface area contributed by atoms with Crippen LogP contribution in [0.15, 0.2) is 78.3 Å². The van der Waals surface area contributed by atoms with E-state index >= 15 is 0 Å². The minimum atomic E-state index is -0.222. The Kier molecular flexibility index (Phi) is 6.78. The number of benzene rings is 2. The maximum Gasteiger partial charge on any atom is 0.259 e. The van der Waals surface area contributed by atoms with Crippen molar-refractivity contribution in [3.8, 4) is 16.3 Å². The highest BCUT2D eigenvalue weighted by Crippen LogP contribution is 2.28. The number of para-hydroxylation sites is 1. The average Bonchev–Trinajstić information content (AvgIpc) is 3.57. The van der Waals surface area contributed by atoms with Crippen molar-refractivity contribution in [2.75, 3.05) is 29.9 Å². The van der Waals surface area contributed by atoms with E-state index in [2.05, 4.69) is 5.32 Å². The number of amides is 2. The maximum atomic E-state index is 13.2. The zero-order valence-electron chi connectivity index (χ0n) is 18.5. The highest BCUT2D eigenvalue weighted by Gasteiger charge is 2.20. The molecule has 1 saturated heterocycles. The van der Waals surface area contributed by atoms with Crippen molar-refractivity contribution in [1.82, 2.24) is 14.7 Å². The van der Waals surface area contributed by atoms with Crippen LogP contribution in [0.4, 0.5) is 5.69 Å². The molecule has 172 valence electrons. The van der Waals surface area contributed by atoms with E-state index in [1.54, 1.807) is 22.2 Å². The Balaban J connectivity index is 1.32. The summed E-state index contributed by atoms with van der Waals surface area (Å²) >= 11 is 3.44. The van der Waals surface area contributed by atoms with Crippen LogP contribution in [0.1, 0.15) is 15.9 Å². The first kappa shape index (κ1) is 22.4. The molecule has 2 aromatic carbocycles. The van der Waals surface area contributed by atoms with Crippen LogP contribution in [0.5, 0.6) is 0 Å². The van der Waals surface area contributed by atoms with E-state index in [0.29, 0.717) is 23.4 Å². The van der Waals surface area contributed by atoms with Crippen LogP contribution in [-0.2, 0) is 11.2 Å². The molecule has 34 heavy (non-hydrogen) atoms. The molecule has 1 aliphatic heterocycles. The molecule has 1 N–H and O–H groups in total. The van der Waals surface area contributed by atoms with Gasteiger partial charge in [0.2, 0.25) is 5.91 Å². The number of nitrogens with one attached hydrogen (secondary N) is 1. The van der Waals surface area contributed by atoms with Crippen molar-refractivity contribution in [1.29, 1.82) is 0 Å². The third-order valence-corrected chi connectivity index (χ3v) is 7.48. The molecule has 0 saturated carbocycles. The van der Waals surface area contributed by atoms with Gasteiger partial charge in [0.25, 0.3) is 5.91 Å². The third kappa shape index (κ3) is 5.08. The fourth-order valence-electron chi connectivity index (χ4n) is 3.85. The van der Waals surface area contributed by atoms with E-state index in [4.69, 9.17) is 5.10 Å². The summed E-state index contributed by atoms with van der Waals surface area (Å²) in [6, 6.07) is 21.2. The minimum absolute atomic E-state index is 0.158. The standard InChI is InChI=1S/C26H24N4O2S2/c31-24(29-12-15-33-16-13-29)17-19-8-10-20(11-9-19)27-26(32)22-18-30(21-5-2-1-3-6-21)28-25(22)23-7-4-14-34-23/h1-11,14,18H,12-13,15-17H2,(H,27,32).